The summed E-state index contributed by atoms with van der Waals surface area (Å²) in [5.41, 5.74) is 0. The van der Waals surface area contributed by atoms with Crippen molar-refractivity contribution in [1.82, 2.24) is 9.97 Å². The summed E-state index contributed by atoms with van der Waals surface area (Å²) in [5, 5.41) is 12.7. The van der Waals surface area contributed by atoms with E-state index in [9.17, 15) is 4.79 Å². The Hall–Kier alpha value is -1.30. The average Bonchev–Trinajstić information content (AvgIpc) is 2.29. The van der Waals surface area contributed by atoms with Crippen LogP contribution in [0.15, 0.2) is 17.4 Å². The van der Waals surface area contributed by atoms with E-state index in [2.05, 4.69) is 15.3 Å². The van der Waals surface area contributed by atoms with Crippen molar-refractivity contribution in [3.05, 3.63) is 12.4 Å². The van der Waals surface area contributed by atoms with Gasteiger partial charge in [0, 0.05) is 12.6 Å². The molecule has 16 heavy (non-hydrogen) atoms. The van der Waals surface area contributed by atoms with Gasteiger partial charge >= 0.3 is 5.97 Å². The Labute approximate surface area is 98.7 Å². The number of rotatable bonds is 6. The molecular formula is C10H15N3O2S. The number of aliphatic carboxylic acids is 1. The van der Waals surface area contributed by atoms with Gasteiger partial charge in [-0.1, -0.05) is 6.92 Å². The zero-order chi connectivity index (χ0) is 12.0. The normalized spacial score (nSPS) is 12.1. The maximum Gasteiger partial charge on any atom is 0.308 e. The highest BCUT2D eigenvalue weighted by Gasteiger charge is 2.14. The topological polar surface area (TPSA) is 75.1 Å². The molecule has 0 amide bonds. The molecule has 1 unspecified atom stereocenters. The molecule has 0 saturated heterocycles. The highest BCUT2D eigenvalue weighted by molar-refractivity contribution is 7.98. The second kappa shape index (κ2) is 6.32. The van der Waals surface area contributed by atoms with E-state index in [1.54, 1.807) is 6.07 Å². The first-order valence-corrected chi connectivity index (χ1v) is 6.22. The molecule has 0 aliphatic heterocycles. The molecular weight excluding hydrogens is 226 g/mol. The van der Waals surface area contributed by atoms with E-state index >= 15 is 0 Å². The third-order valence-corrected chi connectivity index (χ3v) is 2.86. The van der Waals surface area contributed by atoms with Gasteiger partial charge in [0.05, 0.1) is 5.92 Å². The van der Waals surface area contributed by atoms with Crippen molar-refractivity contribution in [2.45, 2.75) is 18.4 Å². The Kier molecular flexibility index (Phi) is 5.04. The molecule has 1 rings (SSSR count). The summed E-state index contributed by atoms with van der Waals surface area (Å²) in [5.74, 6) is -0.499. The van der Waals surface area contributed by atoms with Gasteiger partial charge in [0.25, 0.3) is 0 Å². The number of aromatic nitrogens is 2. The molecule has 0 radical (unpaired) electrons. The van der Waals surface area contributed by atoms with Crippen LogP contribution in [0.4, 0.5) is 5.82 Å². The van der Waals surface area contributed by atoms with Crippen molar-refractivity contribution in [1.29, 1.82) is 0 Å². The van der Waals surface area contributed by atoms with Crippen molar-refractivity contribution in [2.24, 2.45) is 5.92 Å². The molecule has 0 saturated carbocycles. The second-order valence-electron chi connectivity index (χ2n) is 3.27. The monoisotopic (exact) mass is 241 g/mol. The SMILES string of the molecule is CCC(CNc1cc(SC)ncn1)C(=O)O. The van der Waals surface area contributed by atoms with Crippen LogP contribution in [0.1, 0.15) is 13.3 Å². The van der Waals surface area contributed by atoms with Crippen LogP contribution in [0.2, 0.25) is 0 Å². The van der Waals surface area contributed by atoms with Crippen LogP contribution >= 0.6 is 11.8 Å². The van der Waals surface area contributed by atoms with E-state index in [-0.39, 0.29) is 5.92 Å². The number of thioether (sulfide) groups is 1. The fraction of sp³-hybridized carbons (Fsp3) is 0.500. The van der Waals surface area contributed by atoms with E-state index in [1.807, 2.05) is 13.2 Å². The fourth-order valence-corrected chi connectivity index (χ4v) is 1.56. The predicted octanol–water partition coefficient (Wildman–Crippen LogP) is 1.72. The quantitative estimate of drug-likeness (QED) is 0.583. The summed E-state index contributed by atoms with van der Waals surface area (Å²) in [6.45, 7) is 2.24. The minimum absolute atomic E-state index is 0.382. The van der Waals surface area contributed by atoms with Crippen molar-refractivity contribution in [3.63, 3.8) is 0 Å². The molecule has 5 nitrogen and oxygen atoms in total. The van der Waals surface area contributed by atoms with Gasteiger partial charge < -0.3 is 10.4 Å². The van der Waals surface area contributed by atoms with Gasteiger partial charge in [-0.05, 0) is 12.7 Å². The molecule has 1 aromatic rings. The largest absolute Gasteiger partial charge is 0.481 e. The number of carboxylic acid groups (broad SMARTS) is 1. The first-order chi connectivity index (χ1) is 7.67. The number of carboxylic acids is 1. The number of nitrogens with zero attached hydrogens (tertiary/aromatic N) is 2. The first-order valence-electron chi connectivity index (χ1n) is 5.00. The molecule has 88 valence electrons. The molecule has 6 heteroatoms. The lowest BCUT2D eigenvalue weighted by Crippen LogP contribution is -2.22. The van der Waals surface area contributed by atoms with Gasteiger partial charge in [-0.15, -0.1) is 11.8 Å². The maximum absolute atomic E-state index is 10.8. The number of hydrogen-bond acceptors (Lipinski definition) is 5. The number of carbonyl (C=O) groups is 1. The Morgan fingerprint density at radius 2 is 2.38 bits per heavy atom. The Morgan fingerprint density at radius 3 is 2.94 bits per heavy atom. The predicted molar refractivity (Wildman–Crippen MR) is 63.7 cm³/mol. The van der Waals surface area contributed by atoms with Crippen LogP contribution in [-0.4, -0.2) is 33.8 Å². The number of anilines is 1. The minimum atomic E-state index is -0.783. The third-order valence-electron chi connectivity index (χ3n) is 2.22. The van der Waals surface area contributed by atoms with Crippen LogP contribution in [0.5, 0.6) is 0 Å². The summed E-state index contributed by atoms with van der Waals surface area (Å²) in [6.07, 6.45) is 4.00. The molecule has 0 bridgehead atoms. The Balaban J connectivity index is 2.56. The van der Waals surface area contributed by atoms with E-state index in [4.69, 9.17) is 5.11 Å². The lowest BCUT2D eigenvalue weighted by molar-refractivity contribution is -0.141. The van der Waals surface area contributed by atoms with Crippen LogP contribution < -0.4 is 5.32 Å². The van der Waals surface area contributed by atoms with Gasteiger partial charge in [0.15, 0.2) is 0 Å². The molecule has 0 spiro atoms. The highest BCUT2D eigenvalue weighted by Crippen LogP contribution is 2.14. The van der Waals surface area contributed by atoms with Crippen molar-refractivity contribution >= 4 is 23.5 Å². The number of hydrogen-bond donors (Lipinski definition) is 2. The fourth-order valence-electron chi connectivity index (χ4n) is 1.18. The van der Waals surface area contributed by atoms with E-state index in [0.717, 1.165) is 5.03 Å². The minimum Gasteiger partial charge on any atom is -0.481 e. The lowest BCUT2D eigenvalue weighted by atomic mass is 10.1. The van der Waals surface area contributed by atoms with Crippen molar-refractivity contribution in [3.8, 4) is 0 Å². The first kappa shape index (κ1) is 12.8. The van der Waals surface area contributed by atoms with Gasteiger partial charge in [0.2, 0.25) is 0 Å². The van der Waals surface area contributed by atoms with E-state index < -0.39 is 5.97 Å². The van der Waals surface area contributed by atoms with Crippen LogP contribution in [0.3, 0.4) is 0 Å². The zero-order valence-corrected chi connectivity index (χ0v) is 10.1. The van der Waals surface area contributed by atoms with Crippen molar-refractivity contribution in [2.75, 3.05) is 18.1 Å². The molecule has 0 fully saturated rings. The van der Waals surface area contributed by atoms with Crippen LogP contribution in [0.25, 0.3) is 0 Å². The summed E-state index contributed by atoms with van der Waals surface area (Å²) in [4.78, 5) is 18.9. The molecule has 0 aromatic carbocycles. The second-order valence-corrected chi connectivity index (χ2v) is 4.10. The van der Waals surface area contributed by atoms with Gasteiger partial charge in [-0.2, -0.15) is 0 Å². The molecule has 1 heterocycles. The summed E-state index contributed by atoms with van der Waals surface area (Å²) < 4.78 is 0. The highest BCUT2D eigenvalue weighted by atomic mass is 32.2. The van der Waals surface area contributed by atoms with Gasteiger partial charge in [-0.25, -0.2) is 9.97 Å². The zero-order valence-electron chi connectivity index (χ0n) is 9.30. The van der Waals surface area contributed by atoms with Gasteiger partial charge in [-0.3, -0.25) is 4.79 Å². The van der Waals surface area contributed by atoms with E-state index in [1.165, 1.54) is 18.1 Å². The van der Waals surface area contributed by atoms with Gasteiger partial charge in [0.1, 0.15) is 17.2 Å². The molecule has 1 atom stereocenters. The average molecular weight is 241 g/mol. The van der Waals surface area contributed by atoms with Crippen LogP contribution in [0, 0.1) is 5.92 Å². The van der Waals surface area contributed by atoms with Crippen LogP contribution in [-0.2, 0) is 4.79 Å². The van der Waals surface area contributed by atoms with Crippen molar-refractivity contribution < 1.29 is 9.90 Å². The summed E-state index contributed by atoms with van der Waals surface area (Å²) >= 11 is 1.52. The van der Waals surface area contributed by atoms with E-state index in [0.29, 0.717) is 18.8 Å². The Bertz CT molecular complexity index is 360. The smallest absolute Gasteiger partial charge is 0.308 e. The standard InChI is InChI=1S/C10H15N3O2S/c1-3-7(10(14)15)5-11-8-4-9(16-2)13-6-12-8/h4,6-7H,3,5H2,1-2H3,(H,14,15)(H,11,12,13). The molecule has 0 aliphatic carbocycles. The number of nitrogens with one attached hydrogen (secondary N) is 1. The molecule has 1 aromatic heterocycles. The maximum atomic E-state index is 10.8. The Morgan fingerprint density at radius 1 is 1.62 bits per heavy atom. The molecule has 2 N–H and O–H groups in total. The summed E-state index contributed by atoms with van der Waals surface area (Å²) in [6, 6.07) is 1.80. The lowest BCUT2D eigenvalue weighted by Gasteiger charge is -2.11. The molecule has 0 aliphatic rings. The summed E-state index contributed by atoms with van der Waals surface area (Å²) in [7, 11) is 0. The third kappa shape index (κ3) is 3.69.